The highest BCUT2D eigenvalue weighted by atomic mass is 16.7. The number of carbonyl (C=O) groups excluding carboxylic acids is 1. The maximum absolute atomic E-state index is 12.9. The van der Waals surface area contributed by atoms with Crippen LogP contribution in [0.2, 0.25) is 0 Å². The number of rotatable bonds is 33. The number of hydrogen-bond acceptors (Lipinski definition) is 8. The molecule has 7 atom stereocenters. The molecule has 1 saturated heterocycles. The standard InChI is InChI=1S/C41H79NO8/c1-4-5-6-7-8-9-10-11-12-13-14-18-21-24-27-30-37(45)42-34(32-49-41-40(48)39(47)38(46)36(31-43)50-41)35(44)29-26-23-20-17-15-16-19-22-25-28-33(2)3/h26,29,33-36,38-41,43-44,46-48H,4-25,27-28,30-32H2,1-3H3,(H,42,45). The summed E-state index contributed by atoms with van der Waals surface area (Å²) in [6.07, 6.45) is 25.4. The van der Waals surface area contributed by atoms with Gasteiger partial charge in [-0.05, 0) is 25.2 Å². The molecule has 1 rings (SSSR count). The fraction of sp³-hybridized carbons (Fsp3) is 0.927. The summed E-state index contributed by atoms with van der Waals surface area (Å²) in [6, 6.07) is -0.798. The van der Waals surface area contributed by atoms with Gasteiger partial charge in [0.15, 0.2) is 6.29 Å². The number of ether oxygens (including phenoxy) is 2. The number of hydrogen-bond donors (Lipinski definition) is 6. The molecule has 9 heteroatoms. The first-order valence-electron chi connectivity index (χ1n) is 20.8. The van der Waals surface area contributed by atoms with E-state index in [1.165, 1.54) is 116 Å². The van der Waals surface area contributed by atoms with E-state index in [0.29, 0.717) is 6.42 Å². The van der Waals surface area contributed by atoms with Gasteiger partial charge < -0.3 is 40.3 Å². The Labute approximate surface area is 306 Å². The molecule has 1 amide bonds. The summed E-state index contributed by atoms with van der Waals surface area (Å²) in [5.74, 6) is 0.603. The number of carbonyl (C=O) groups is 1. The van der Waals surface area contributed by atoms with Crippen LogP contribution in [0.5, 0.6) is 0 Å². The molecule has 0 aliphatic carbocycles. The number of unbranched alkanes of at least 4 members (excludes halogenated alkanes) is 21. The molecule has 0 aromatic carbocycles. The van der Waals surface area contributed by atoms with Gasteiger partial charge in [-0.15, -0.1) is 0 Å². The lowest BCUT2D eigenvalue weighted by atomic mass is 9.99. The van der Waals surface area contributed by atoms with Gasteiger partial charge in [-0.3, -0.25) is 4.79 Å². The molecule has 0 bridgehead atoms. The van der Waals surface area contributed by atoms with Gasteiger partial charge in [0.05, 0.1) is 25.4 Å². The highest BCUT2D eigenvalue weighted by molar-refractivity contribution is 5.76. The van der Waals surface area contributed by atoms with Crippen molar-refractivity contribution >= 4 is 5.91 Å². The Bertz CT molecular complexity index is 809. The maximum atomic E-state index is 12.9. The quantitative estimate of drug-likeness (QED) is 0.0300. The van der Waals surface area contributed by atoms with E-state index in [-0.39, 0.29) is 12.5 Å². The molecule has 0 spiro atoms. The first-order valence-corrected chi connectivity index (χ1v) is 20.8. The van der Waals surface area contributed by atoms with E-state index in [9.17, 15) is 30.3 Å². The zero-order valence-electron chi connectivity index (χ0n) is 32.3. The molecule has 50 heavy (non-hydrogen) atoms. The van der Waals surface area contributed by atoms with E-state index in [1.807, 2.05) is 6.08 Å². The van der Waals surface area contributed by atoms with Crippen molar-refractivity contribution in [2.24, 2.45) is 5.92 Å². The van der Waals surface area contributed by atoms with Crippen LogP contribution >= 0.6 is 0 Å². The SMILES string of the molecule is CCCCCCCCCCCCCCCCCC(=O)NC(COC1OC(CO)C(O)C(O)C1O)C(O)C=CCCCCCCCCCC(C)C. The lowest BCUT2D eigenvalue weighted by Crippen LogP contribution is -2.60. The van der Waals surface area contributed by atoms with Crippen molar-refractivity contribution in [1.29, 1.82) is 0 Å². The Hall–Kier alpha value is -1.07. The monoisotopic (exact) mass is 714 g/mol. The predicted molar refractivity (Wildman–Crippen MR) is 203 cm³/mol. The Morgan fingerprint density at radius 1 is 0.720 bits per heavy atom. The molecule has 1 heterocycles. The van der Waals surface area contributed by atoms with Crippen molar-refractivity contribution in [2.45, 2.75) is 224 Å². The predicted octanol–water partition coefficient (Wildman–Crippen LogP) is 7.63. The van der Waals surface area contributed by atoms with Crippen molar-refractivity contribution in [2.75, 3.05) is 13.2 Å². The number of allylic oxidation sites excluding steroid dienone is 1. The molecular weight excluding hydrogens is 634 g/mol. The second-order valence-corrected chi connectivity index (χ2v) is 15.3. The Morgan fingerprint density at radius 3 is 1.74 bits per heavy atom. The smallest absolute Gasteiger partial charge is 0.220 e. The summed E-state index contributed by atoms with van der Waals surface area (Å²) in [6.45, 7) is 6.06. The van der Waals surface area contributed by atoms with Gasteiger partial charge in [-0.1, -0.05) is 168 Å². The molecule has 6 N–H and O–H groups in total. The normalized spacial score (nSPS) is 22.4. The van der Waals surface area contributed by atoms with Gasteiger partial charge in [0, 0.05) is 6.42 Å². The Morgan fingerprint density at radius 2 is 1.22 bits per heavy atom. The summed E-state index contributed by atoms with van der Waals surface area (Å²) in [5.41, 5.74) is 0. The highest BCUT2D eigenvalue weighted by Gasteiger charge is 2.44. The number of amides is 1. The molecule has 296 valence electrons. The second kappa shape index (κ2) is 31.5. The number of nitrogens with one attached hydrogen (secondary N) is 1. The minimum absolute atomic E-state index is 0.178. The summed E-state index contributed by atoms with van der Waals surface area (Å²) in [5, 5.41) is 54.0. The van der Waals surface area contributed by atoms with Crippen LogP contribution in [0, 0.1) is 5.92 Å². The van der Waals surface area contributed by atoms with Crippen LogP contribution in [0.4, 0.5) is 0 Å². The summed E-state index contributed by atoms with van der Waals surface area (Å²) >= 11 is 0. The van der Waals surface area contributed by atoms with Gasteiger partial charge in [0.25, 0.3) is 0 Å². The van der Waals surface area contributed by atoms with Crippen molar-refractivity contribution in [1.82, 2.24) is 5.32 Å². The minimum Gasteiger partial charge on any atom is -0.394 e. The molecule has 7 unspecified atom stereocenters. The largest absolute Gasteiger partial charge is 0.394 e. The van der Waals surface area contributed by atoms with E-state index >= 15 is 0 Å². The number of aliphatic hydroxyl groups excluding tert-OH is 5. The van der Waals surface area contributed by atoms with Crippen molar-refractivity contribution in [3.8, 4) is 0 Å². The third-order valence-electron chi connectivity index (χ3n) is 10.0. The third kappa shape index (κ3) is 23.5. The maximum Gasteiger partial charge on any atom is 0.220 e. The van der Waals surface area contributed by atoms with Crippen LogP contribution in [0.3, 0.4) is 0 Å². The van der Waals surface area contributed by atoms with Gasteiger partial charge in [-0.2, -0.15) is 0 Å². The average Bonchev–Trinajstić information content (AvgIpc) is 3.10. The molecule has 1 aliphatic heterocycles. The van der Waals surface area contributed by atoms with Crippen LogP contribution in [0.15, 0.2) is 12.2 Å². The number of aliphatic hydroxyl groups is 5. The van der Waals surface area contributed by atoms with E-state index in [2.05, 4.69) is 26.1 Å². The Balaban J connectivity index is 2.41. The summed E-state index contributed by atoms with van der Waals surface area (Å²) < 4.78 is 11.2. The lowest BCUT2D eigenvalue weighted by Gasteiger charge is -2.40. The van der Waals surface area contributed by atoms with Crippen LogP contribution in [-0.4, -0.2) is 87.5 Å². The molecule has 1 fully saturated rings. The minimum atomic E-state index is -1.56. The van der Waals surface area contributed by atoms with Gasteiger partial charge in [0.2, 0.25) is 5.91 Å². The van der Waals surface area contributed by atoms with Gasteiger partial charge in [0.1, 0.15) is 24.4 Å². The summed E-state index contributed by atoms with van der Waals surface area (Å²) in [7, 11) is 0. The first kappa shape index (κ1) is 47.0. The van der Waals surface area contributed by atoms with E-state index in [0.717, 1.165) is 44.4 Å². The second-order valence-electron chi connectivity index (χ2n) is 15.3. The molecule has 0 aromatic heterocycles. The topological polar surface area (TPSA) is 149 Å². The molecule has 0 aromatic rings. The van der Waals surface area contributed by atoms with E-state index < -0.39 is 49.5 Å². The van der Waals surface area contributed by atoms with Crippen LogP contribution in [0.1, 0.15) is 181 Å². The third-order valence-corrected chi connectivity index (χ3v) is 10.0. The van der Waals surface area contributed by atoms with Gasteiger partial charge in [-0.25, -0.2) is 0 Å². The van der Waals surface area contributed by atoms with Crippen molar-refractivity contribution in [3.05, 3.63) is 12.2 Å². The van der Waals surface area contributed by atoms with E-state index in [1.54, 1.807) is 6.08 Å². The van der Waals surface area contributed by atoms with Crippen LogP contribution in [-0.2, 0) is 14.3 Å². The van der Waals surface area contributed by atoms with Crippen LogP contribution < -0.4 is 5.32 Å². The van der Waals surface area contributed by atoms with Crippen molar-refractivity contribution < 1.29 is 39.8 Å². The Kier molecular flexibility index (Phi) is 29.5. The molecule has 0 saturated carbocycles. The van der Waals surface area contributed by atoms with Crippen LogP contribution in [0.25, 0.3) is 0 Å². The van der Waals surface area contributed by atoms with Crippen molar-refractivity contribution in [3.63, 3.8) is 0 Å². The average molecular weight is 714 g/mol. The van der Waals surface area contributed by atoms with E-state index in [4.69, 9.17) is 9.47 Å². The fourth-order valence-corrected chi connectivity index (χ4v) is 6.63. The fourth-order valence-electron chi connectivity index (χ4n) is 6.63. The lowest BCUT2D eigenvalue weighted by molar-refractivity contribution is -0.302. The first-order chi connectivity index (χ1) is 24.2. The molecule has 1 aliphatic rings. The molecule has 9 nitrogen and oxygen atoms in total. The zero-order chi connectivity index (χ0) is 36.8. The molecule has 0 radical (unpaired) electrons. The molecular formula is C41H79NO8. The highest BCUT2D eigenvalue weighted by Crippen LogP contribution is 2.22. The van der Waals surface area contributed by atoms with Gasteiger partial charge >= 0.3 is 0 Å². The zero-order valence-corrected chi connectivity index (χ0v) is 32.3. The summed E-state index contributed by atoms with van der Waals surface area (Å²) in [4.78, 5) is 12.9.